The molecule has 0 aromatic carbocycles. The topological polar surface area (TPSA) is 15.3 Å². The second kappa shape index (κ2) is 6.03. The van der Waals surface area contributed by atoms with Gasteiger partial charge in [0.2, 0.25) is 0 Å². The van der Waals surface area contributed by atoms with Gasteiger partial charge in [-0.3, -0.25) is 0 Å². The van der Waals surface area contributed by atoms with Gasteiger partial charge >= 0.3 is 0 Å². The third-order valence-electron chi connectivity index (χ3n) is 12.8. The van der Waals surface area contributed by atoms with E-state index in [4.69, 9.17) is 0 Å². The molecule has 5 rings (SSSR count). The Bertz CT molecular complexity index is 684. The van der Waals surface area contributed by atoms with Gasteiger partial charge in [0, 0.05) is 12.1 Å². The lowest BCUT2D eigenvalue weighted by Crippen LogP contribution is -2.59. The molecule has 0 aromatic rings. The Balaban J connectivity index is 1.49. The molecule has 0 bridgehead atoms. The number of hydrogen-bond acceptors (Lipinski definition) is 2. The zero-order chi connectivity index (χ0) is 21.0. The minimum atomic E-state index is 0.469. The van der Waals surface area contributed by atoms with E-state index in [1.807, 2.05) is 0 Å². The monoisotopic (exact) mass is 400 g/mol. The standard InChI is InChI=1S/C27H48N2/c1-18(28-6)19-11-13-25(5)21-10-9-20-23(2,3)22(29(7)8)12-14-26(20)17-27(21,26)16-15-24(19,25)4/h18-22,28H,9-17H2,1-8H3. The molecule has 9 atom stereocenters. The van der Waals surface area contributed by atoms with Gasteiger partial charge in [0.05, 0.1) is 0 Å². The molecule has 0 heterocycles. The largest absolute Gasteiger partial charge is 0.317 e. The van der Waals surface area contributed by atoms with Crippen molar-refractivity contribution in [1.82, 2.24) is 10.2 Å². The van der Waals surface area contributed by atoms with Gasteiger partial charge in [0.1, 0.15) is 0 Å². The predicted octanol–water partition coefficient (Wildman–Crippen LogP) is 5.96. The Morgan fingerprint density at radius 3 is 2.10 bits per heavy atom. The fraction of sp³-hybridized carbons (Fsp3) is 1.00. The van der Waals surface area contributed by atoms with Crippen LogP contribution in [-0.2, 0) is 0 Å². The smallest absolute Gasteiger partial charge is 0.0143 e. The van der Waals surface area contributed by atoms with Gasteiger partial charge in [-0.05, 0) is 131 Å². The maximum Gasteiger partial charge on any atom is 0.0143 e. The van der Waals surface area contributed by atoms with Crippen LogP contribution in [0.4, 0.5) is 0 Å². The van der Waals surface area contributed by atoms with Crippen molar-refractivity contribution in [2.75, 3.05) is 21.1 Å². The molecule has 166 valence electrons. The second-order valence-electron chi connectivity index (χ2n) is 13.6. The molecule has 0 aliphatic heterocycles. The summed E-state index contributed by atoms with van der Waals surface area (Å²) in [5.41, 5.74) is 2.98. The summed E-state index contributed by atoms with van der Waals surface area (Å²) in [5.74, 6) is 2.81. The minimum absolute atomic E-state index is 0.469. The molecule has 2 nitrogen and oxygen atoms in total. The number of fused-ring (bicyclic) bond motifs is 2. The molecule has 0 amide bonds. The van der Waals surface area contributed by atoms with E-state index in [0.717, 1.165) is 23.8 Å². The third kappa shape index (κ3) is 2.22. The number of nitrogens with zero attached hydrogens (tertiary/aromatic N) is 1. The van der Waals surface area contributed by atoms with Crippen LogP contribution >= 0.6 is 0 Å². The Morgan fingerprint density at radius 1 is 0.793 bits per heavy atom. The summed E-state index contributed by atoms with van der Waals surface area (Å²) in [6.45, 7) is 13.2. The highest BCUT2D eigenvalue weighted by molar-refractivity contribution is 5.31. The van der Waals surface area contributed by atoms with Crippen LogP contribution in [0.5, 0.6) is 0 Å². The average Bonchev–Trinajstić information content (AvgIpc) is 3.23. The highest BCUT2D eigenvalue weighted by Crippen LogP contribution is 2.89. The van der Waals surface area contributed by atoms with Gasteiger partial charge in [-0.2, -0.15) is 0 Å². The van der Waals surface area contributed by atoms with Crippen molar-refractivity contribution in [3.8, 4) is 0 Å². The van der Waals surface area contributed by atoms with Crippen molar-refractivity contribution in [3.05, 3.63) is 0 Å². The maximum absolute atomic E-state index is 3.64. The fourth-order valence-electron chi connectivity index (χ4n) is 11.3. The first-order chi connectivity index (χ1) is 13.5. The van der Waals surface area contributed by atoms with E-state index < -0.39 is 0 Å². The minimum Gasteiger partial charge on any atom is -0.317 e. The summed E-state index contributed by atoms with van der Waals surface area (Å²) >= 11 is 0. The van der Waals surface area contributed by atoms with Gasteiger partial charge in [-0.15, -0.1) is 0 Å². The quantitative estimate of drug-likeness (QED) is 0.628. The molecule has 0 radical (unpaired) electrons. The summed E-state index contributed by atoms with van der Waals surface area (Å²) < 4.78 is 0. The number of rotatable bonds is 3. The third-order valence-corrected chi connectivity index (χ3v) is 12.8. The SMILES string of the molecule is CNC(C)C1CCC2(C)C3CCC4C(C)(C)C(N(C)C)CCC45CC35CCC12C. The highest BCUT2D eigenvalue weighted by Gasteiger charge is 2.82. The molecule has 9 unspecified atom stereocenters. The van der Waals surface area contributed by atoms with E-state index >= 15 is 0 Å². The molecule has 5 aliphatic rings. The molecule has 29 heavy (non-hydrogen) atoms. The molecular weight excluding hydrogens is 352 g/mol. The van der Waals surface area contributed by atoms with Crippen LogP contribution in [0.2, 0.25) is 0 Å². The lowest BCUT2D eigenvalue weighted by Gasteiger charge is -2.64. The zero-order valence-electron chi connectivity index (χ0n) is 20.7. The normalized spacial score (nSPS) is 56.2. The van der Waals surface area contributed by atoms with Gasteiger partial charge in [0.25, 0.3) is 0 Å². The van der Waals surface area contributed by atoms with Gasteiger partial charge in [-0.1, -0.05) is 27.7 Å². The van der Waals surface area contributed by atoms with Gasteiger partial charge < -0.3 is 10.2 Å². The summed E-state index contributed by atoms with van der Waals surface area (Å²) in [6, 6.07) is 1.43. The van der Waals surface area contributed by atoms with Crippen molar-refractivity contribution >= 4 is 0 Å². The molecular formula is C27H48N2. The molecule has 5 fully saturated rings. The van der Waals surface area contributed by atoms with Crippen molar-refractivity contribution in [2.45, 2.75) is 104 Å². The maximum atomic E-state index is 3.64. The molecule has 0 saturated heterocycles. The zero-order valence-corrected chi connectivity index (χ0v) is 20.7. The number of nitrogens with one attached hydrogen (secondary N) is 1. The van der Waals surface area contributed by atoms with Crippen LogP contribution in [0.15, 0.2) is 0 Å². The van der Waals surface area contributed by atoms with E-state index in [1.54, 1.807) is 6.42 Å². The second-order valence-corrected chi connectivity index (χ2v) is 13.6. The van der Waals surface area contributed by atoms with E-state index in [-0.39, 0.29) is 0 Å². The van der Waals surface area contributed by atoms with Crippen molar-refractivity contribution in [2.24, 2.45) is 44.8 Å². The summed E-state index contributed by atoms with van der Waals surface area (Å²) in [6.07, 6.45) is 13.5. The molecule has 2 heteroatoms. The van der Waals surface area contributed by atoms with Crippen LogP contribution in [0.3, 0.4) is 0 Å². The Kier molecular flexibility index (Phi) is 4.33. The Hall–Kier alpha value is -0.0800. The van der Waals surface area contributed by atoms with Crippen molar-refractivity contribution in [1.29, 1.82) is 0 Å². The summed E-state index contributed by atoms with van der Waals surface area (Å²) in [4.78, 5) is 2.55. The first kappa shape index (κ1) is 20.8. The number of hydrogen-bond donors (Lipinski definition) is 1. The molecule has 5 aliphatic carbocycles. The van der Waals surface area contributed by atoms with Crippen molar-refractivity contribution < 1.29 is 0 Å². The van der Waals surface area contributed by atoms with E-state index in [9.17, 15) is 0 Å². The first-order valence-electron chi connectivity index (χ1n) is 12.8. The van der Waals surface area contributed by atoms with E-state index in [1.165, 1.54) is 51.4 Å². The molecule has 0 aromatic heterocycles. The highest BCUT2D eigenvalue weighted by atomic mass is 15.1. The summed E-state index contributed by atoms with van der Waals surface area (Å²) in [7, 11) is 6.83. The van der Waals surface area contributed by atoms with Crippen LogP contribution in [0.1, 0.15) is 92.4 Å². The molecule has 5 saturated carbocycles. The lowest BCUT2D eigenvalue weighted by atomic mass is 9.41. The predicted molar refractivity (Wildman–Crippen MR) is 123 cm³/mol. The Morgan fingerprint density at radius 2 is 1.45 bits per heavy atom. The lowest BCUT2D eigenvalue weighted by molar-refractivity contribution is -0.150. The van der Waals surface area contributed by atoms with Crippen LogP contribution in [0, 0.1) is 44.8 Å². The van der Waals surface area contributed by atoms with Crippen LogP contribution in [-0.4, -0.2) is 38.1 Å². The van der Waals surface area contributed by atoms with E-state index in [2.05, 4.69) is 66.0 Å². The molecule has 1 N–H and O–H groups in total. The van der Waals surface area contributed by atoms with E-state index in [0.29, 0.717) is 33.1 Å². The fourth-order valence-corrected chi connectivity index (χ4v) is 11.3. The summed E-state index contributed by atoms with van der Waals surface area (Å²) in [5, 5.41) is 3.64. The van der Waals surface area contributed by atoms with Crippen molar-refractivity contribution in [3.63, 3.8) is 0 Å². The molecule has 2 spiro atoms. The van der Waals surface area contributed by atoms with Crippen LogP contribution in [0.25, 0.3) is 0 Å². The Labute approximate surface area is 181 Å². The van der Waals surface area contributed by atoms with Crippen LogP contribution < -0.4 is 5.32 Å². The van der Waals surface area contributed by atoms with Gasteiger partial charge in [0.15, 0.2) is 0 Å². The first-order valence-corrected chi connectivity index (χ1v) is 12.8. The average molecular weight is 401 g/mol. The van der Waals surface area contributed by atoms with Gasteiger partial charge in [-0.25, -0.2) is 0 Å².